The summed E-state index contributed by atoms with van der Waals surface area (Å²) < 4.78 is 78.0. The van der Waals surface area contributed by atoms with Crippen molar-refractivity contribution in [2.45, 2.75) is 6.43 Å². The number of halogens is 3. The van der Waals surface area contributed by atoms with Gasteiger partial charge in [0.15, 0.2) is 11.6 Å². The van der Waals surface area contributed by atoms with Crippen LogP contribution in [0.2, 0.25) is 0 Å². The Morgan fingerprint density at radius 1 is 1.26 bits per heavy atom. The molecule has 166 valence electrons. The van der Waals surface area contributed by atoms with Gasteiger partial charge in [-0.3, -0.25) is 0 Å². The van der Waals surface area contributed by atoms with E-state index in [0.29, 0.717) is 4.31 Å². The third-order valence-corrected chi connectivity index (χ3v) is 6.13. The molecular weight excluding hydrogens is 439 g/mol. The second kappa shape index (κ2) is 8.94. The smallest absolute Gasteiger partial charge is 0.270 e. The number of methoxy groups -OCH3 is 1. The highest BCUT2D eigenvalue weighted by molar-refractivity contribution is 8.02. The Balaban J connectivity index is 2.28. The second-order valence-electron chi connectivity index (χ2n) is 6.26. The van der Waals surface area contributed by atoms with Gasteiger partial charge in [0.25, 0.3) is 16.4 Å². The molecule has 0 atom stereocenters. The molecule has 31 heavy (non-hydrogen) atoms. The topological polar surface area (TPSA) is 102 Å². The lowest BCUT2D eigenvalue weighted by Crippen LogP contribution is -2.39. The third kappa shape index (κ3) is 4.21. The number of rotatable bonds is 8. The average Bonchev–Trinajstić information content (AvgIpc) is 2.71. The number of aliphatic hydroxyl groups is 1. The minimum absolute atomic E-state index is 0.0177. The van der Waals surface area contributed by atoms with Crippen LogP contribution in [-0.2, 0) is 14.8 Å². The molecule has 0 aliphatic carbocycles. The number of nitrogens with zero attached hydrogens (tertiary/aromatic N) is 3. The van der Waals surface area contributed by atoms with Gasteiger partial charge in [0.1, 0.15) is 28.8 Å². The quantitative estimate of drug-likeness (QED) is 0.607. The molecule has 1 aromatic heterocycles. The molecule has 12 heteroatoms. The van der Waals surface area contributed by atoms with Crippen molar-refractivity contribution in [2.75, 3.05) is 31.2 Å². The van der Waals surface area contributed by atoms with Gasteiger partial charge in [-0.2, -0.15) is 0 Å². The minimum atomic E-state index is -4.78. The van der Waals surface area contributed by atoms with E-state index in [1.165, 1.54) is 25.3 Å². The molecule has 1 aliphatic rings. The Morgan fingerprint density at radius 2 is 1.97 bits per heavy atom. The third-order valence-electron chi connectivity index (χ3n) is 4.29. The van der Waals surface area contributed by atoms with Crippen LogP contribution in [0.4, 0.5) is 19.0 Å². The Hall–Kier alpha value is -3.12. The predicted octanol–water partition coefficient (Wildman–Crippen LogP) is 3.24. The van der Waals surface area contributed by atoms with E-state index in [1.54, 1.807) is 0 Å². The van der Waals surface area contributed by atoms with Crippen molar-refractivity contribution in [2.24, 2.45) is 0 Å². The number of anilines is 1. The molecule has 1 N–H and O–H groups in total. The SMILES string of the molecule is C=C(F)c1c(OCCOC)cccc1C1=C(O)c2nccnc2N(CC(F)F)S1(=O)=O. The molecule has 2 heterocycles. The van der Waals surface area contributed by atoms with E-state index in [1.807, 2.05) is 0 Å². The lowest BCUT2D eigenvalue weighted by Gasteiger charge is -2.30. The Bertz CT molecular complexity index is 1140. The summed E-state index contributed by atoms with van der Waals surface area (Å²) in [7, 11) is -3.35. The van der Waals surface area contributed by atoms with Crippen LogP contribution in [0.25, 0.3) is 16.5 Å². The summed E-state index contributed by atoms with van der Waals surface area (Å²) in [5.74, 6) is -2.44. The predicted molar refractivity (Wildman–Crippen MR) is 108 cm³/mol. The number of benzene rings is 1. The highest BCUT2D eigenvalue weighted by atomic mass is 32.2. The van der Waals surface area contributed by atoms with Crippen molar-refractivity contribution in [1.29, 1.82) is 0 Å². The van der Waals surface area contributed by atoms with Crippen LogP contribution in [0.1, 0.15) is 16.8 Å². The zero-order chi connectivity index (χ0) is 22.8. The van der Waals surface area contributed by atoms with Gasteiger partial charge in [-0.1, -0.05) is 18.7 Å². The first-order valence-corrected chi connectivity index (χ1v) is 10.3. The summed E-state index contributed by atoms with van der Waals surface area (Å²) in [5, 5.41) is 10.7. The first kappa shape index (κ1) is 22.6. The van der Waals surface area contributed by atoms with E-state index >= 15 is 0 Å². The Kier molecular flexibility index (Phi) is 6.51. The summed E-state index contributed by atoms with van der Waals surface area (Å²) >= 11 is 0. The molecule has 0 amide bonds. The van der Waals surface area contributed by atoms with Crippen molar-refractivity contribution in [3.63, 3.8) is 0 Å². The molecule has 0 saturated carbocycles. The van der Waals surface area contributed by atoms with Gasteiger partial charge in [-0.15, -0.1) is 0 Å². The van der Waals surface area contributed by atoms with Gasteiger partial charge in [-0.25, -0.2) is 35.9 Å². The summed E-state index contributed by atoms with van der Waals surface area (Å²) in [6.07, 6.45) is -0.792. The molecule has 0 fully saturated rings. The molecule has 0 bridgehead atoms. The van der Waals surface area contributed by atoms with Crippen LogP contribution in [0.3, 0.4) is 0 Å². The molecule has 3 rings (SSSR count). The molecule has 1 aliphatic heterocycles. The van der Waals surface area contributed by atoms with E-state index in [0.717, 1.165) is 12.4 Å². The lowest BCUT2D eigenvalue weighted by atomic mass is 10.0. The summed E-state index contributed by atoms with van der Waals surface area (Å²) in [6, 6.07) is 3.94. The molecule has 1 aromatic carbocycles. The number of aliphatic hydroxyl groups excluding tert-OH is 1. The van der Waals surface area contributed by atoms with Gasteiger partial charge in [0.05, 0.1) is 18.7 Å². The number of aromatic nitrogens is 2. The molecule has 8 nitrogen and oxygen atoms in total. The van der Waals surface area contributed by atoms with Crippen molar-refractivity contribution < 1.29 is 36.2 Å². The van der Waals surface area contributed by atoms with Crippen molar-refractivity contribution in [3.05, 3.63) is 54.0 Å². The summed E-state index contributed by atoms with van der Waals surface area (Å²) in [6.45, 7) is 2.16. The molecular formula is C19H18F3N3O5S. The van der Waals surface area contributed by atoms with Gasteiger partial charge in [0, 0.05) is 25.1 Å². The number of fused-ring (bicyclic) bond motifs is 1. The molecule has 0 unspecified atom stereocenters. The number of ether oxygens (including phenoxy) is 2. The number of hydrogen-bond donors (Lipinski definition) is 1. The number of sulfonamides is 1. The standard InChI is InChI=1S/C19H18F3N3O5S/c1-11(20)15-12(4-3-5-13(15)30-9-8-29-2)18-17(26)16-19(24-7-6-23-16)25(10-14(21)22)31(18,27)28/h3-7,14,26H,1,8-10H2,2H3. The number of hydrogen-bond acceptors (Lipinski definition) is 7. The minimum Gasteiger partial charge on any atom is -0.504 e. The first-order chi connectivity index (χ1) is 14.7. The summed E-state index contributed by atoms with van der Waals surface area (Å²) in [5.41, 5.74) is -1.02. The fourth-order valence-corrected chi connectivity index (χ4v) is 4.75. The van der Waals surface area contributed by atoms with Crippen molar-refractivity contribution >= 4 is 32.3 Å². The fraction of sp³-hybridized carbons (Fsp3) is 0.263. The highest BCUT2D eigenvalue weighted by Crippen LogP contribution is 2.44. The monoisotopic (exact) mass is 457 g/mol. The van der Waals surface area contributed by atoms with Crippen LogP contribution in [0.5, 0.6) is 5.75 Å². The fourth-order valence-electron chi connectivity index (χ4n) is 3.07. The maximum Gasteiger partial charge on any atom is 0.270 e. The van der Waals surface area contributed by atoms with E-state index in [9.17, 15) is 26.7 Å². The van der Waals surface area contributed by atoms with Gasteiger partial charge in [0.2, 0.25) is 0 Å². The molecule has 0 radical (unpaired) electrons. The normalized spacial score (nSPS) is 15.2. The Labute approximate surface area is 176 Å². The van der Waals surface area contributed by atoms with Crippen LogP contribution >= 0.6 is 0 Å². The second-order valence-corrected chi connectivity index (χ2v) is 8.06. The molecule has 0 spiro atoms. The van der Waals surface area contributed by atoms with Gasteiger partial charge >= 0.3 is 0 Å². The largest absolute Gasteiger partial charge is 0.504 e. The first-order valence-electron chi connectivity index (χ1n) is 8.85. The van der Waals surface area contributed by atoms with E-state index < -0.39 is 45.3 Å². The van der Waals surface area contributed by atoms with Crippen LogP contribution < -0.4 is 9.04 Å². The average molecular weight is 457 g/mol. The zero-order valence-corrected chi connectivity index (χ0v) is 17.1. The van der Waals surface area contributed by atoms with Crippen LogP contribution in [0.15, 0.2) is 37.2 Å². The maximum atomic E-state index is 14.4. The molecule has 0 saturated heterocycles. The van der Waals surface area contributed by atoms with Gasteiger partial charge < -0.3 is 14.6 Å². The van der Waals surface area contributed by atoms with Crippen molar-refractivity contribution in [3.8, 4) is 5.75 Å². The van der Waals surface area contributed by atoms with Crippen LogP contribution in [0, 0.1) is 0 Å². The van der Waals surface area contributed by atoms with E-state index in [2.05, 4.69) is 16.5 Å². The lowest BCUT2D eigenvalue weighted by molar-refractivity contribution is 0.146. The van der Waals surface area contributed by atoms with E-state index in [4.69, 9.17) is 9.47 Å². The summed E-state index contributed by atoms with van der Waals surface area (Å²) in [4.78, 5) is 6.84. The van der Waals surface area contributed by atoms with Crippen molar-refractivity contribution in [1.82, 2.24) is 9.97 Å². The van der Waals surface area contributed by atoms with Gasteiger partial charge in [-0.05, 0) is 6.07 Å². The highest BCUT2D eigenvalue weighted by Gasteiger charge is 2.42. The van der Waals surface area contributed by atoms with Crippen LogP contribution in [-0.4, -0.2) is 56.8 Å². The maximum absolute atomic E-state index is 14.4. The number of alkyl halides is 2. The zero-order valence-electron chi connectivity index (χ0n) is 16.3. The molecule has 2 aromatic rings. The van der Waals surface area contributed by atoms with E-state index in [-0.39, 0.29) is 35.8 Å². The Morgan fingerprint density at radius 3 is 2.61 bits per heavy atom.